The highest BCUT2D eigenvalue weighted by Crippen LogP contribution is 2.36. The molecule has 0 spiro atoms. The molecular formula is C25H28N2O3S. The van der Waals surface area contributed by atoms with Gasteiger partial charge in [-0.05, 0) is 74.3 Å². The molecule has 1 aliphatic carbocycles. The summed E-state index contributed by atoms with van der Waals surface area (Å²) >= 11 is 0. The van der Waals surface area contributed by atoms with Crippen LogP contribution in [0.15, 0.2) is 71.6 Å². The quantitative estimate of drug-likeness (QED) is 0.614. The van der Waals surface area contributed by atoms with E-state index in [1.165, 1.54) is 0 Å². The molecular weight excluding hydrogens is 408 g/mol. The number of likely N-dealkylation sites (N-methyl/N-ethyl adjacent to an activating group) is 1. The Morgan fingerprint density at radius 1 is 0.903 bits per heavy atom. The molecule has 0 aromatic heterocycles. The number of hydrogen-bond acceptors (Lipinski definition) is 4. The van der Waals surface area contributed by atoms with Crippen LogP contribution >= 0.6 is 0 Å². The minimum Gasteiger partial charge on any atom is -0.496 e. The van der Waals surface area contributed by atoms with Crippen LogP contribution in [0.4, 0.5) is 5.69 Å². The summed E-state index contributed by atoms with van der Waals surface area (Å²) in [5, 5.41) is 0. The van der Waals surface area contributed by atoms with Crippen molar-refractivity contribution in [3.63, 3.8) is 0 Å². The van der Waals surface area contributed by atoms with E-state index in [1.807, 2.05) is 54.6 Å². The lowest BCUT2D eigenvalue weighted by molar-refractivity contribution is 0.265. The maximum absolute atomic E-state index is 13.1. The van der Waals surface area contributed by atoms with Gasteiger partial charge in [0.05, 0.1) is 17.7 Å². The van der Waals surface area contributed by atoms with Crippen molar-refractivity contribution in [1.29, 1.82) is 0 Å². The molecule has 1 aliphatic rings. The van der Waals surface area contributed by atoms with Gasteiger partial charge in [0.1, 0.15) is 5.75 Å². The number of nitrogens with one attached hydrogen (secondary N) is 1. The number of sulfonamides is 1. The minimum atomic E-state index is -3.70. The first-order chi connectivity index (χ1) is 14.9. The molecule has 0 bridgehead atoms. The number of ether oxygens (including phenoxy) is 1. The topological polar surface area (TPSA) is 58.6 Å². The predicted molar refractivity (Wildman–Crippen MR) is 125 cm³/mol. The van der Waals surface area contributed by atoms with E-state index in [0.29, 0.717) is 11.7 Å². The number of hydrogen-bond donors (Lipinski definition) is 1. The first-order valence-electron chi connectivity index (χ1n) is 10.4. The van der Waals surface area contributed by atoms with Gasteiger partial charge in [-0.25, -0.2) is 8.42 Å². The van der Waals surface area contributed by atoms with Crippen LogP contribution in [0, 0.1) is 0 Å². The van der Waals surface area contributed by atoms with Gasteiger partial charge in [0.2, 0.25) is 0 Å². The molecule has 1 unspecified atom stereocenters. The van der Waals surface area contributed by atoms with Crippen LogP contribution in [0.5, 0.6) is 5.75 Å². The van der Waals surface area contributed by atoms with E-state index in [2.05, 4.69) is 23.7 Å². The van der Waals surface area contributed by atoms with Crippen molar-refractivity contribution in [3.8, 4) is 16.9 Å². The molecule has 0 radical (unpaired) electrons. The van der Waals surface area contributed by atoms with Crippen molar-refractivity contribution in [1.82, 2.24) is 4.90 Å². The number of rotatable bonds is 6. The highest BCUT2D eigenvalue weighted by Gasteiger charge is 2.27. The van der Waals surface area contributed by atoms with E-state index in [1.54, 1.807) is 19.2 Å². The average Bonchev–Trinajstić information content (AvgIpc) is 2.79. The summed E-state index contributed by atoms with van der Waals surface area (Å²) in [5.74, 6) is 0.816. The monoisotopic (exact) mass is 436 g/mol. The highest BCUT2D eigenvalue weighted by molar-refractivity contribution is 7.92. The van der Waals surface area contributed by atoms with E-state index < -0.39 is 10.0 Å². The van der Waals surface area contributed by atoms with Crippen molar-refractivity contribution in [3.05, 3.63) is 77.9 Å². The number of methoxy groups -OCH3 is 1. The molecule has 5 nitrogen and oxygen atoms in total. The number of anilines is 1. The molecule has 0 amide bonds. The Hall–Kier alpha value is -2.83. The highest BCUT2D eigenvalue weighted by atomic mass is 32.2. The Kier molecular flexibility index (Phi) is 6.03. The molecule has 6 heteroatoms. The van der Waals surface area contributed by atoms with Gasteiger partial charge in [-0.1, -0.05) is 42.5 Å². The van der Waals surface area contributed by atoms with Crippen LogP contribution in [0.1, 0.15) is 17.5 Å². The Morgan fingerprint density at radius 2 is 1.58 bits per heavy atom. The largest absolute Gasteiger partial charge is 0.496 e. The van der Waals surface area contributed by atoms with Gasteiger partial charge in [0, 0.05) is 11.6 Å². The first-order valence-corrected chi connectivity index (χ1v) is 11.9. The van der Waals surface area contributed by atoms with Crippen molar-refractivity contribution >= 4 is 15.7 Å². The molecule has 4 rings (SSSR count). The van der Waals surface area contributed by atoms with Gasteiger partial charge in [0.25, 0.3) is 10.0 Å². The molecule has 0 heterocycles. The van der Waals surface area contributed by atoms with E-state index in [0.717, 1.165) is 47.3 Å². The second kappa shape index (κ2) is 8.73. The summed E-state index contributed by atoms with van der Waals surface area (Å²) in [6.45, 7) is 0. The third-order valence-electron chi connectivity index (χ3n) is 6.02. The lowest BCUT2D eigenvalue weighted by atomic mass is 9.86. The van der Waals surface area contributed by atoms with E-state index in [9.17, 15) is 8.42 Å². The van der Waals surface area contributed by atoms with E-state index >= 15 is 0 Å². The molecule has 3 aromatic rings. The molecule has 31 heavy (non-hydrogen) atoms. The molecule has 1 atom stereocenters. The zero-order valence-electron chi connectivity index (χ0n) is 18.1. The van der Waals surface area contributed by atoms with Gasteiger partial charge >= 0.3 is 0 Å². The molecule has 0 fully saturated rings. The summed E-state index contributed by atoms with van der Waals surface area (Å²) in [4.78, 5) is 2.46. The summed E-state index contributed by atoms with van der Waals surface area (Å²) in [7, 11) is 2.12. The molecule has 0 aliphatic heterocycles. The Morgan fingerprint density at radius 3 is 2.23 bits per heavy atom. The molecule has 0 saturated carbocycles. The smallest absolute Gasteiger partial charge is 0.261 e. The van der Waals surface area contributed by atoms with Gasteiger partial charge in [0.15, 0.2) is 0 Å². The molecule has 1 N–H and O–H groups in total. The van der Waals surface area contributed by atoms with E-state index in [-0.39, 0.29) is 4.90 Å². The zero-order valence-corrected chi connectivity index (χ0v) is 18.9. The maximum Gasteiger partial charge on any atom is 0.261 e. The molecule has 0 saturated heterocycles. The third-order valence-corrected chi connectivity index (χ3v) is 7.40. The maximum atomic E-state index is 13.1. The van der Waals surface area contributed by atoms with Crippen LogP contribution < -0.4 is 9.46 Å². The van der Waals surface area contributed by atoms with Crippen LogP contribution in [0.2, 0.25) is 0 Å². The molecule has 162 valence electrons. The second-order valence-corrected chi connectivity index (χ2v) is 9.81. The average molecular weight is 437 g/mol. The van der Waals surface area contributed by atoms with Gasteiger partial charge in [-0.2, -0.15) is 0 Å². The lowest BCUT2D eigenvalue weighted by Crippen LogP contribution is -2.34. The first kappa shape index (κ1) is 21.4. The lowest BCUT2D eigenvalue weighted by Gasteiger charge is -2.32. The summed E-state index contributed by atoms with van der Waals surface area (Å²) in [5.41, 5.74) is 4.80. The Balaban J connectivity index is 1.62. The fourth-order valence-electron chi connectivity index (χ4n) is 4.22. The van der Waals surface area contributed by atoms with Gasteiger partial charge in [-0.15, -0.1) is 0 Å². The van der Waals surface area contributed by atoms with Crippen LogP contribution in [-0.4, -0.2) is 40.6 Å². The summed E-state index contributed by atoms with van der Waals surface area (Å²) in [6.07, 6.45) is 2.63. The minimum absolute atomic E-state index is 0.249. The van der Waals surface area contributed by atoms with E-state index in [4.69, 9.17) is 4.74 Å². The Bertz CT molecular complexity index is 1160. The SMILES string of the molecule is COc1ccc(NS(=O)(=O)c2ccc(-c3ccccc3)cc2)c2c1CC(N(C)C)CC2. The van der Waals surface area contributed by atoms with Gasteiger partial charge < -0.3 is 9.64 Å². The van der Waals surface area contributed by atoms with Crippen molar-refractivity contribution < 1.29 is 13.2 Å². The van der Waals surface area contributed by atoms with Crippen molar-refractivity contribution in [2.24, 2.45) is 0 Å². The van der Waals surface area contributed by atoms with Crippen molar-refractivity contribution in [2.45, 2.75) is 30.2 Å². The zero-order chi connectivity index (χ0) is 22.0. The van der Waals surface area contributed by atoms with Crippen LogP contribution in [0.3, 0.4) is 0 Å². The summed E-state index contributed by atoms with van der Waals surface area (Å²) < 4.78 is 34.6. The summed E-state index contributed by atoms with van der Waals surface area (Å²) in [6, 6.07) is 21.0. The van der Waals surface area contributed by atoms with Gasteiger partial charge in [-0.3, -0.25) is 4.72 Å². The predicted octanol–water partition coefficient (Wildman–Crippen LogP) is 4.58. The standard InChI is InChI=1S/C25H28N2O3S/c1-27(2)20-11-14-22-23(17-20)25(30-3)16-15-24(22)26-31(28,29)21-12-9-19(10-13-21)18-7-5-4-6-8-18/h4-10,12-13,15-16,20,26H,11,14,17H2,1-3H3. The number of nitrogens with zero attached hydrogens (tertiary/aromatic N) is 1. The Labute approximate surface area is 184 Å². The van der Waals surface area contributed by atoms with Crippen molar-refractivity contribution in [2.75, 3.05) is 25.9 Å². The normalized spacial score (nSPS) is 16.1. The number of fused-ring (bicyclic) bond motifs is 1. The fraction of sp³-hybridized carbons (Fsp3) is 0.280. The van der Waals surface area contributed by atoms with Crippen LogP contribution in [0.25, 0.3) is 11.1 Å². The fourth-order valence-corrected chi connectivity index (χ4v) is 5.31. The molecule has 3 aromatic carbocycles. The number of benzene rings is 3. The van der Waals surface area contributed by atoms with Crippen LogP contribution in [-0.2, 0) is 22.9 Å². The second-order valence-electron chi connectivity index (χ2n) is 8.13. The third kappa shape index (κ3) is 4.45.